The Balaban J connectivity index is 2.03. The molecule has 1 aliphatic heterocycles. The van der Waals surface area contributed by atoms with E-state index in [1.807, 2.05) is 0 Å². The first-order valence-electron chi connectivity index (χ1n) is 9.99. The molecule has 9 nitrogen and oxygen atoms in total. The predicted molar refractivity (Wildman–Crippen MR) is 115 cm³/mol. The number of aromatic hydroxyl groups is 1. The van der Waals surface area contributed by atoms with Crippen LogP contribution in [0.15, 0.2) is 36.9 Å². The van der Waals surface area contributed by atoms with Crippen LogP contribution < -0.4 is 18.9 Å². The molecule has 0 saturated carbocycles. The van der Waals surface area contributed by atoms with Crippen LogP contribution in [0.1, 0.15) is 54.8 Å². The second-order valence-electron chi connectivity index (χ2n) is 7.29. The molecule has 3 rings (SSSR count). The highest BCUT2D eigenvalue weighted by Gasteiger charge is 2.33. The number of fused-ring (bicyclic) bond motifs is 1. The normalized spacial score (nSPS) is 14.5. The van der Waals surface area contributed by atoms with Gasteiger partial charge >= 0.3 is 17.9 Å². The number of hydrogen-bond acceptors (Lipinski definition) is 9. The molecule has 0 bridgehead atoms. The molecule has 1 N–H and O–H groups in total. The molecule has 9 heteroatoms. The van der Waals surface area contributed by atoms with Gasteiger partial charge in [0.25, 0.3) is 0 Å². The highest BCUT2D eigenvalue weighted by atomic mass is 16.6. The summed E-state index contributed by atoms with van der Waals surface area (Å²) >= 11 is 0. The van der Waals surface area contributed by atoms with E-state index in [0.717, 1.165) is 0 Å². The lowest BCUT2D eigenvalue weighted by molar-refractivity contribution is -0.134. The van der Waals surface area contributed by atoms with E-state index < -0.39 is 29.8 Å². The Morgan fingerprint density at radius 3 is 2.24 bits per heavy atom. The Morgan fingerprint density at radius 2 is 1.64 bits per heavy atom. The van der Waals surface area contributed by atoms with Gasteiger partial charge in [-0.05, 0) is 24.1 Å². The van der Waals surface area contributed by atoms with Gasteiger partial charge in [-0.15, -0.1) is 6.58 Å². The minimum absolute atomic E-state index is 0.0122. The monoisotopic (exact) mass is 454 g/mol. The van der Waals surface area contributed by atoms with Crippen molar-refractivity contribution in [3.63, 3.8) is 0 Å². The molecule has 1 unspecified atom stereocenters. The van der Waals surface area contributed by atoms with E-state index in [1.54, 1.807) is 6.07 Å². The summed E-state index contributed by atoms with van der Waals surface area (Å²) in [5, 5.41) is 10.7. The molecular formula is C24H22O9. The van der Waals surface area contributed by atoms with Crippen molar-refractivity contribution in [3.8, 4) is 28.7 Å². The number of carbonyl (C=O) groups is 4. The van der Waals surface area contributed by atoms with Crippen molar-refractivity contribution in [1.29, 1.82) is 0 Å². The Labute approximate surface area is 189 Å². The number of allylic oxidation sites excluding steroid dienone is 1. The van der Waals surface area contributed by atoms with Crippen molar-refractivity contribution in [2.24, 2.45) is 0 Å². The lowest BCUT2D eigenvalue weighted by atomic mass is 9.92. The van der Waals surface area contributed by atoms with Gasteiger partial charge in [-0.2, -0.15) is 0 Å². The van der Waals surface area contributed by atoms with Crippen molar-refractivity contribution in [1.82, 2.24) is 0 Å². The Bertz CT molecular complexity index is 1160. The van der Waals surface area contributed by atoms with Crippen LogP contribution in [0.25, 0.3) is 0 Å². The molecule has 0 aliphatic carbocycles. The van der Waals surface area contributed by atoms with Crippen LogP contribution in [0, 0.1) is 0 Å². The number of phenols is 1. The first kappa shape index (κ1) is 23.5. The molecule has 2 aromatic rings. The van der Waals surface area contributed by atoms with Gasteiger partial charge in [0.05, 0.1) is 6.42 Å². The molecule has 1 aliphatic rings. The maximum atomic E-state index is 12.9. The first-order chi connectivity index (χ1) is 15.6. The summed E-state index contributed by atoms with van der Waals surface area (Å²) in [4.78, 5) is 47.3. The van der Waals surface area contributed by atoms with Gasteiger partial charge in [0.15, 0.2) is 17.3 Å². The van der Waals surface area contributed by atoms with Gasteiger partial charge in [0, 0.05) is 32.4 Å². The average molecular weight is 454 g/mol. The quantitative estimate of drug-likeness (QED) is 0.396. The molecule has 0 fully saturated rings. The van der Waals surface area contributed by atoms with Crippen LogP contribution in [0.3, 0.4) is 0 Å². The Hall–Kier alpha value is -4.14. The predicted octanol–water partition coefficient (Wildman–Crippen LogP) is 3.60. The minimum Gasteiger partial charge on any atom is -0.507 e. The lowest BCUT2D eigenvalue weighted by Crippen LogP contribution is -2.21. The fraction of sp³-hybridized carbons (Fsp3) is 0.250. The maximum Gasteiger partial charge on any atom is 0.308 e. The van der Waals surface area contributed by atoms with Gasteiger partial charge in [0.1, 0.15) is 28.9 Å². The van der Waals surface area contributed by atoms with Crippen molar-refractivity contribution in [2.75, 3.05) is 0 Å². The molecular weight excluding hydrogens is 432 g/mol. The van der Waals surface area contributed by atoms with Crippen LogP contribution >= 0.6 is 0 Å². The second kappa shape index (κ2) is 9.56. The van der Waals surface area contributed by atoms with Crippen LogP contribution in [0.4, 0.5) is 0 Å². The third-order valence-electron chi connectivity index (χ3n) is 4.70. The fourth-order valence-electron chi connectivity index (χ4n) is 3.46. The topological polar surface area (TPSA) is 125 Å². The van der Waals surface area contributed by atoms with E-state index in [1.165, 1.54) is 45.0 Å². The number of ketones is 1. The minimum atomic E-state index is -0.805. The van der Waals surface area contributed by atoms with Gasteiger partial charge in [-0.1, -0.05) is 12.1 Å². The number of phenolic OH excluding ortho intramolecular Hbond substituents is 1. The second-order valence-corrected chi connectivity index (χ2v) is 7.29. The van der Waals surface area contributed by atoms with E-state index >= 15 is 0 Å². The SMILES string of the molecule is C=CCc1c(OC(C)=O)cc2c(c1O)C(=O)CC(c1ccc(OC(C)=O)c(OC(C)=O)c1)O2. The molecule has 172 valence electrons. The third-order valence-corrected chi connectivity index (χ3v) is 4.70. The van der Waals surface area contributed by atoms with E-state index in [4.69, 9.17) is 18.9 Å². The van der Waals surface area contributed by atoms with Gasteiger partial charge in [-0.3, -0.25) is 19.2 Å². The highest BCUT2D eigenvalue weighted by molar-refractivity contribution is 6.03. The summed E-state index contributed by atoms with van der Waals surface area (Å²) in [6, 6.07) is 5.79. The van der Waals surface area contributed by atoms with Gasteiger partial charge in [0.2, 0.25) is 0 Å². The summed E-state index contributed by atoms with van der Waals surface area (Å²) in [6.07, 6.45) is 0.752. The number of benzene rings is 2. The molecule has 0 amide bonds. The molecule has 0 aromatic heterocycles. The third kappa shape index (κ3) is 5.20. The highest BCUT2D eigenvalue weighted by Crippen LogP contribution is 2.46. The summed E-state index contributed by atoms with van der Waals surface area (Å²) < 4.78 is 21.3. The summed E-state index contributed by atoms with van der Waals surface area (Å²) in [7, 11) is 0. The fourth-order valence-corrected chi connectivity index (χ4v) is 3.46. The maximum absolute atomic E-state index is 12.9. The number of carbonyl (C=O) groups excluding carboxylic acids is 4. The molecule has 1 heterocycles. The molecule has 0 saturated heterocycles. The number of esters is 3. The van der Waals surface area contributed by atoms with E-state index in [2.05, 4.69) is 6.58 Å². The summed E-state index contributed by atoms with van der Waals surface area (Å²) in [5.74, 6) is -2.45. The van der Waals surface area contributed by atoms with Crippen LogP contribution in [-0.2, 0) is 20.8 Å². The van der Waals surface area contributed by atoms with Crippen molar-refractivity contribution in [2.45, 2.75) is 39.7 Å². The number of ether oxygens (including phenoxy) is 4. The largest absolute Gasteiger partial charge is 0.507 e. The zero-order chi connectivity index (χ0) is 24.3. The van der Waals surface area contributed by atoms with Gasteiger partial charge in [-0.25, -0.2) is 0 Å². The molecule has 0 spiro atoms. The van der Waals surface area contributed by atoms with E-state index in [-0.39, 0.29) is 52.7 Å². The standard InChI is InChI=1S/C24H22O9/c1-5-6-16-20(31-13(3)26)11-22-23(24(16)29)17(28)10-19(33-22)15-7-8-18(30-12(2)25)21(9-15)32-14(4)27/h5,7-9,11,19,29H,1,6,10H2,2-4H3. The summed E-state index contributed by atoms with van der Waals surface area (Å²) in [5.41, 5.74) is 0.692. The molecule has 2 aromatic carbocycles. The Kier molecular flexibility index (Phi) is 6.81. The summed E-state index contributed by atoms with van der Waals surface area (Å²) in [6.45, 7) is 7.23. The number of rotatable bonds is 6. The zero-order valence-corrected chi connectivity index (χ0v) is 18.3. The van der Waals surface area contributed by atoms with Gasteiger partial charge < -0.3 is 24.1 Å². The molecule has 33 heavy (non-hydrogen) atoms. The lowest BCUT2D eigenvalue weighted by Gasteiger charge is -2.28. The van der Waals surface area contributed by atoms with Crippen molar-refractivity contribution < 1.29 is 43.2 Å². The van der Waals surface area contributed by atoms with Crippen LogP contribution in [-0.4, -0.2) is 28.8 Å². The average Bonchev–Trinajstić information content (AvgIpc) is 2.70. The number of Topliss-reactive ketones (excluding diaryl/α,β-unsaturated/α-hetero) is 1. The first-order valence-corrected chi connectivity index (χ1v) is 9.99. The molecule has 1 atom stereocenters. The van der Waals surface area contributed by atoms with Crippen molar-refractivity contribution in [3.05, 3.63) is 53.6 Å². The van der Waals surface area contributed by atoms with Crippen LogP contribution in [0.5, 0.6) is 28.7 Å². The van der Waals surface area contributed by atoms with E-state index in [0.29, 0.717) is 5.56 Å². The zero-order valence-electron chi connectivity index (χ0n) is 18.3. The number of hydrogen-bond donors (Lipinski definition) is 1. The molecule has 0 radical (unpaired) electrons. The smallest absolute Gasteiger partial charge is 0.308 e. The Morgan fingerprint density at radius 1 is 1.03 bits per heavy atom. The van der Waals surface area contributed by atoms with Crippen molar-refractivity contribution >= 4 is 23.7 Å². The van der Waals surface area contributed by atoms with E-state index in [9.17, 15) is 24.3 Å². The van der Waals surface area contributed by atoms with Crippen LogP contribution in [0.2, 0.25) is 0 Å².